The molecular weight excluding hydrogens is 246 g/mol. The lowest BCUT2D eigenvalue weighted by Gasteiger charge is -2.04. The number of rotatable bonds is 4. The standard InChI is InChI=1S/C14H18ClN3/c1-10-13(8-9-16-2)17-14(18(10)3)11-6-4-5-7-12(11)15/h4-7,16H,8-9H2,1-3H3. The number of imidazole rings is 1. The van der Waals surface area contributed by atoms with E-state index in [-0.39, 0.29) is 0 Å². The number of nitrogens with one attached hydrogen (secondary N) is 1. The lowest BCUT2D eigenvalue weighted by atomic mass is 10.2. The molecule has 0 amide bonds. The van der Waals surface area contributed by atoms with E-state index in [1.54, 1.807) is 0 Å². The van der Waals surface area contributed by atoms with Gasteiger partial charge in [0, 0.05) is 31.3 Å². The van der Waals surface area contributed by atoms with Gasteiger partial charge in [-0.2, -0.15) is 0 Å². The van der Waals surface area contributed by atoms with Gasteiger partial charge in [0.2, 0.25) is 0 Å². The van der Waals surface area contributed by atoms with Crippen LogP contribution in [0.3, 0.4) is 0 Å². The van der Waals surface area contributed by atoms with E-state index in [0.717, 1.165) is 35.1 Å². The van der Waals surface area contributed by atoms with Crippen molar-refractivity contribution in [1.29, 1.82) is 0 Å². The molecule has 1 heterocycles. The lowest BCUT2D eigenvalue weighted by molar-refractivity contribution is 0.772. The maximum absolute atomic E-state index is 6.23. The van der Waals surface area contributed by atoms with E-state index in [1.807, 2.05) is 38.4 Å². The fraction of sp³-hybridized carbons (Fsp3) is 0.357. The van der Waals surface area contributed by atoms with Gasteiger partial charge in [-0.05, 0) is 26.1 Å². The van der Waals surface area contributed by atoms with E-state index >= 15 is 0 Å². The Balaban J connectivity index is 2.43. The summed E-state index contributed by atoms with van der Waals surface area (Å²) in [6.45, 7) is 3.03. The summed E-state index contributed by atoms with van der Waals surface area (Å²) < 4.78 is 2.10. The van der Waals surface area contributed by atoms with Crippen LogP contribution in [0.5, 0.6) is 0 Å². The van der Waals surface area contributed by atoms with Crippen molar-refractivity contribution in [1.82, 2.24) is 14.9 Å². The predicted molar refractivity (Wildman–Crippen MR) is 76.0 cm³/mol. The smallest absolute Gasteiger partial charge is 0.141 e. The molecule has 0 bridgehead atoms. The minimum Gasteiger partial charge on any atom is -0.331 e. The summed E-state index contributed by atoms with van der Waals surface area (Å²) in [5.41, 5.74) is 3.31. The number of hydrogen-bond donors (Lipinski definition) is 1. The van der Waals surface area contributed by atoms with Crippen molar-refractivity contribution in [2.75, 3.05) is 13.6 Å². The van der Waals surface area contributed by atoms with Crippen molar-refractivity contribution in [3.05, 3.63) is 40.7 Å². The van der Waals surface area contributed by atoms with Gasteiger partial charge in [-0.25, -0.2) is 4.98 Å². The van der Waals surface area contributed by atoms with Crippen molar-refractivity contribution < 1.29 is 0 Å². The summed E-state index contributed by atoms with van der Waals surface area (Å²) in [5, 5.41) is 3.89. The molecule has 2 rings (SSSR count). The predicted octanol–water partition coefficient (Wildman–Crippen LogP) is 2.81. The van der Waals surface area contributed by atoms with Crippen LogP contribution in [0.4, 0.5) is 0 Å². The number of aromatic nitrogens is 2. The Morgan fingerprint density at radius 1 is 1.33 bits per heavy atom. The van der Waals surface area contributed by atoms with Gasteiger partial charge in [-0.1, -0.05) is 23.7 Å². The molecule has 1 aromatic heterocycles. The first-order chi connectivity index (χ1) is 8.65. The molecule has 0 spiro atoms. The molecule has 4 heteroatoms. The Bertz CT molecular complexity index is 546. The highest BCUT2D eigenvalue weighted by atomic mass is 35.5. The SMILES string of the molecule is CNCCc1nc(-c2ccccc2Cl)n(C)c1C. The zero-order chi connectivity index (χ0) is 13.1. The van der Waals surface area contributed by atoms with E-state index in [1.165, 1.54) is 5.69 Å². The highest BCUT2D eigenvalue weighted by Gasteiger charge is 2.14. The quantitative estimate of drug-likeness (QED) is 0.919. The normalized spacial score (nSPS) is 10.9. The van der Waals surface area contributed by atoms with E-state index in [9.17, 15) is 0 Å². The van der Waals surface area contributed by atoms with Crippen LogP contribution in [-0.4, -0.2) is 23.1 Å². The summed E-state index contributed by atoms with van der Waals surface area (Å²) in [5.74, 6) is 0.934. The molecule has 0 unspecified atom stereocenters. The largest absolute Gasteiger partial charge is 0.331 e. The van der Waals surface area contributed by atoms with Crippen LogP contribution in [0.2, 0.25) is 5.02 Å². The molecule has 96 valence electrons. The van der Waals surface area contributed by atoms with Gasteiger partial charge in [-0.15, -0.1) is 0 Å². The van der Waals surface area contributed by atoms with Crippen LogP contribution < -0.4 is 5.32 Å². The monoisotopic (exact) mass is 263 g/mol. The molecule has 0 atom stereocenters. The molecule has 0 aliphatic heterocycles. The Morgan fingerprint density at radius 3 is 2.72 bits per heavy atom. The molecule has 18 heavy (non-hydrogen) atoms. The third kappa shape index (κ3) is 2.42. The molecule has 1 N–H and O–H groups in total. The van der Waals surface area contributed by atoms with Gasteiger partial charge in [0.25, 0.3) is 0 Å². The van der Waals surface area contributed by atoms with E-state index in [0.29, 0.717) is 0 Å². The molecule has 0 radical (unpaired) electrons. The third-order valence-corrected chi connectivity index (χ3v) is 3.54. The summed E-state index contributed by atoms with van der Waals surface area (Å²) in [7, 11) is 3.98. The van der Waals surface area contributed by atoms with Crippen molar-refractivity contribution in [2.45, 2.75) is 13.3 Å². The summed E-state index contributed by atoms with van der Waals surface area (Å²) >= 11 is 6.23. The number of halogens is 1. The Labute approximate surface area is 113 Å². The van der Waals surface area contributed by atoms with Crippen molar-refractivity contribution in [2.24, 2.45) is 7.05 Å². The molecule has 0 saturated carbocycles. The van der Waals surface area contributed by atoms with Crippen molar-refractivity contribution in [3.63, 3.8) is 0 Å². The van der Waals surface area contributed by atoms with Gasteiger partial charge >= 0.3 is 0 Å². The van der Waals surface area contributed by atoms with Gasteiger partial charge in [0.1, 0.15) is 5.82 Å². The van der Waals surface area contributed by atoms with Crippen LogP contribution in [0.25, 0.3) is 11.4 Å². The molecular formula is C14H18ClN3. The zero-order valence-electron chi connectivity index (χ0n) is 11.0. The van der Waals surface area contributed by atoms with Crippen LogP contribution in [0, 0.1) is 6.92 Å². The highest BCUT2D eigenvalue weighted by Crippen LogP contribution is 2.27. The zero-order valence-corrected chi connectivity index (χ0v) is 11.8. The second kappa shape index (κ2) is 5.55. The molecule has 3 nitrogen and oxygen atoms in total. The molecule has 0 saturated heterocycles. The van der Waals surface area contributed by atoms with Crippen LogP contribution in [0.1, 0.15) is 11.4 Å². The van der Waals surface area contributed by atoms with Gasteiger partial charge in [0.05, 0.1) is 10.7 Å². The third-order valence-electron chi connectivity index (χ3n) is 3.21. The van der Waals surface area contributed by atoms with Gasteiger partial charge in [0.15, 0.2) is 0 Å². The fourth-order valence-corrected chi connectivity index (χ4v) is 2.22. The minimum absolute atomic E-state index is 0.741. The van der Waals surface area contributed by atoms with Gasteiger partial charge in [-0.3, -0.25) is 0 Å². The molecule has 1 aromatic carbocycles. The first-order valence-electron chi connectivity index (χ1n) is 6.07. The van der Waals surface area contributed by atoms with Crippen LogP contribution in [0.15, 0.2) is 24.3 Å². The molecule has 0 aliphatic carbocycles. The maximum Gasteiger partial charge on any atom is 0.141 e. The second-order valence-corrected chi connectivity index (χ2v) is 4.77. The Morgan fingerprint density at radius 2 is 2.06 bits per heavy atom. The summed E-state index contributed by atoms with van der Waals surface area (Å²) in [4.78, 5) is 4.72. The van der Waals surface area contributed by atoms with E-state index < -0.39 is 0 Å². The number of hydrogen-bond acceptors (Lipinski definition) is 2. The van der Waals surface area contributed by atoms with Crippen molar-refractivity contribution in [3.8, 4) is 11.4 Å². The summed E-state index contributed by atoms with van der Waals surface area (Å²) in [6.07, 6.45) is 0.931. The van der Waals surface area contributed by atoms with Crippen molar-refractivity contribution >= 4 is 11.6 Å². The minimum atomic E-state index is 0.741. The second-order valence-electron chi connectivity index (χ2n) is 4.36. The fourth-order valence-electron chi connectivity index (χ4n) is 2.00. The first-order valence-corrected chi connectivity index (χ1v) is 6.44. The average Bonchev–Trinajstić information content (AvgIpc) is 2.65. The van der Waals surface area contributed by atoms with Gasteiger partial charge < -0.3 is 9.88 Å². The number of likely N-dealkylation sites (N-methyl/N-ethyl adjacent to an activating group) is 1. The first kappa shape index (κ1) is 13.1. The molecule has 2 aromatic rings. The Hall–Kier alpha value is -1.32. The van der Waals surface area contributed by atoms with E-state index in [4.69, 9.17) is 16.6 Å². The number of nitrogens with zero attached hydrogens (tertiary/aromatic N) is 2. The highest BCUT2D eigenvalue weighted by molar-refractivity contribution is 6.33. The summed E-state index contributed by atoms with van der Waals surface area (Å²) in [6, 6.07) is 7.82. The average molecular weight is 264 g/mol. The maximum atomic E-state index is 6.23. The molecule has 0 aliphatic rings. The molecule has 0 fully saturated rings. The van der Waals surface area contributed by atoms with E-state index in [2.05, 4.69) is 16.8 Å². The topological polar surface area (TPSA) is 29.9 Å². The Kier molecular flexibility index (Phi) is 4.04. The number of benzene rings is 1. The lowest BCUT2D eigenvalue weighted by Crippen LogP contribution is -2.11. The van der Waals surface area contributed by atoms with Crippen LogP contribution >= 0.6 is 11.6 Å². The van der Waals surface area contributed by atoms with Crippen LogP contribution in [-0.2, 0) is 13.5 Å².